The molecule has 18 heavy (non-hydrogen) atoms. The van der Waals surface area contributed by atoms with Crippen LogP contribution in [0.5, 0.6) is 5.75 Å². The van der Waals surface area contributed by atoms with Crippen LogP contribution < -0.4 is 9.46 Å². The molecule has 0 atom stereocenters. The highest BCUT2D eigenvalue weighted by atomic mass is 35.7. The molecule has 0 aromatic heterocycles. The Morgan fingerprint density at radius 2 is 1.89 bits per heavy atom. The van der Waals surface area contributed by atoms with E-state index in [-0.39, 0.29) is 17.2 Å². The quantitative estimate of drug-likeness (QED) is 0.807. The van der Waals surface area contributed by atoms with E-state index in [0.717, 1.165) is 6.26 Å². The van der Waals surface area contributed by atoms with Crippen LogP contribution in [0.4, 0.5) is 0 Å². The second-order valence-electron chi connectivity index (χ2n) is 3.52. The fraction of sp³-hybridized carbons (Fsp3) is 0.333. The first-order chi connectivity index (χ1) is 8.13. The van der Waals surface area contributed by atoms with Gasteiger partial charge in [-0.2, -0.15) is 0 Å². The van der Waals surface area contributed by atoms with E-state index in [1.165, 1.54) is 19.2 Å². The first-order valence-electron chi connectivity index (χ1n) is 4.69. The number of rotatable bonds is 5. The zero-order chi connectivity index (χ0) is 14.0. The summed E-state index contributed by atoms with van der Waals surface area (Å²) in [4.78, 5) is -0.195. The normalized spacial score (nSPS) is 12.4. The van der Waals surface area contributed by atoms with Gasteiger partial charge in [-0.1, -0.05) is 6.07 Å². The minimum absolute atomic E-state index is 0.0256. The van der Waals surface area contributed by atoms with Crippen LogP contribution in [0.1, 0.15) is 5.56 Å². The highest BCUT2D eigenvalue weighted by Gasteiger charge is 2.17. The summed E-state index contributed by atoms with van der Waals surface area (Å²) in [6.45, 7) is -0.0256. The predicted octanol–water partition coefficient (Wildman–Crippen LogP) is 0.672. The molecule has 0 aliphatic carbocycles. The average Bonchev–Trinajstić information content (AvgIpc) is 2.24. The van der Waals surface area contributed by atoms with E-state index in [9.17, 15) is 16.8 Å². The maximum atomic E-state index is 11.3. The number of hydrogen-bond acceptors (Lipinski definition) is 5. The molecule has 0 unspecified atom stereocenters. The van der Waals surface area contributed by atoms with E-state index in [1.807, 2.05) is 0 Å². The van der Waals surface area contributed by atoms with Gasteiger partial charge in [0.25, 0.3) is 9.05 Å². The number of hydrogen-bond donors (Lipinski definition) is 1. The minimum Gasteiger partial charge on any atom is -0.495 e. The Morgan fingerprint density at radius 1 is 1.28 bits per heavy atom. The van der Waals surface area contributed by atoms with Crippen LogP contribution in [0.2, 0.25) is 0 Å². The van der Waals surface area contributed by atoms with Crippen LogP contribution in [-0.2, 0) is 25.6 Å². The molecule has 0 heterocycles. The second-order valence-corrected chi connectivity index (χ2v) is 7.88. The monoisotopic (exact) mass is 313 g/mol. The van der Waals surface area contributed by atoms with Crippen LogP contribution in [0, 0.1) is 0 Å². The van der Waals surface area contributed by atoms with Crippen LogP contribution >= 0.6 is 10.7 Å². The maximum absolute atomic E-state index is 11.3. The van der Waals surface area contributed by atoms with Gasteiger partial charge in [0.05, 0.1) is 13.4 Å². The number of ether oxygens (including phenoxy) is 1. The third kappa shape index (κ3) is 4.45. The smallest absolute Gasteiger partial charge is 0.264 e. The van der Waals surface area contributed by atoms with Gasteiger partial charge in [-0.25, -0.2) is 21.6 Å². The Hall–Kier alpha value is -0.830. The number of sulfonamides is 1. The SMILES string of the molecule is COc1ccc(CNS(C)(=O)=O)cc1S(=O)(=O)Cl. The van der Waals surface area contributed by atoms with E-state index in [0.29, 0.717) is 5.56 Å². The number of nitrogens with one attached hydrogen (secondary N) is 1. The Morgan fingerprint density at radius 3 is 2.33 bits per heavy atom. The van der Waals surface area contributed by atoms with Crippen molar-refractivity contribution in [1.82, 2.24) is 4.72 Å². The van der Waals surface area contributed by atoms with Crippen molar-refractivity contribution in [1.29, 1.82) is 0 Å². The summed E-state index contributed by atoms with van der Waals surface area (Å²) in [6, 6.07) is 4.22. The van der Waals surface area contributed by atoms with Crippen molar-refractivity contribution in [3.8, 4) is 5.75 Å². The van der Waals surface area contributed by atoms with Crippen LogP contribution in [0.3, 0.4) is 0 Å². The zero-order valence-corrected chi connectivity index (χ0v) is 12.1. The highest BCUT2D eigenvalue weighted by molar-refractivity contribution is 8.13. The standard InChI is InChI=1S/C9H12ClNO5S2/c1-16-8-4-3-7(6-11-17(2,12)13)5-9(8)18(10,14)15/h3-5,11H,6H2,1-2H3. The summed E-state index contributed by atoms with van der Waals surface area (Å²) in [7, 11) is -0.729. The molecule has 1 N–H and O–H groups in total. The van der Waals surface area contributed by atoms with E-state index in [2.05, 4.69) is 4.72 Å². The molecule has 9 heteroatoms. The number of benzene rings is 1. The molecular weight excluding hydrogens is 302 g/mol. The van der Waals surface area contributed by atoms with Crippen LogP contribution in [-0.4, -0.2) is 30.2 Å². The molecule has 0 radical (unpaired) electrons. The van der Waals surface area contributed by atoms with Crippen molar-refractivity contribution in [2.45, 2.75) is 11.4 Å². The first-order valence-corrected chi connectivity index (χ1v) is 8.90. The lowest BCUT2D eigenvalue weighted by molar-refractivity contribution is 0.403. The molecular formula is C9H12ClNO5S2. The van der Waals surface area contributed by atoms with Gasteiger partial charge in [-0.15, -0.1) is 0 Å². The fourth-order valence-electron chi connectivity index (χ4n) is 1.24. The molecule has 1 aromatic carbocycles. The highest BCUT2D eigenvalue weighted by Crippen LogP contribution is 2.27. The summed E-state index contributed by atoms with van der Waals surface area (Å²) < 4.78 is 51.6. The van der Waals surface area contributed by atoms with Gasteiger partial charge < -0.3 is 4.74 Å². The van der Waals surface area contributed by atoms with Crippen molar-refractivity contribution >= 4 is 29.8 Å². The Balaban J connectivity index is 3.12. The lowest BCUT2D eigenvalue weighted by atomic mass is 10.2. The predicted molar refractivity (Wildman–Crippen MR) is 67.7 cm³/mol. The topological polar surface area (TPSA) is 89.5 Å². The molecule has 1 rings (SSSR count). The van der Waals surface area contributed by atoms with Crippen molar-refractivity contribution in [2.24, 2.45) is 0 Å². The average molecular weight is 314 g/mol. The van der Waals surface area contributed by atoms with Crippen molar-refractivity contribution < 1.29 is 21.6 Å². The molecule has 102 valence electrons. The Labute approximate surface area is 110 Å². The molecule has 0 saturated heterocycles. The van der Waals surface area contributed by atoms with Gasteiger partial charge >= 0.3 is 0 Å². The van der Waals surface area contributed by atoms with E-state index < -0.39 is 19.1 Å². The van der Waals surface area contributed by atoms with Crippen molar-refractivity contribution in [2.75, 3.05) is 13.4 Å². The van der Waals surface area contributed by atoms with Gasteiger partial charge in [-0.05, 0) is 17.7 Å². The summed E-state index contributed by atoms with van der Waals surface area (Å²) in [5.41, 5.74) is 0.459. The van der Waals surface area contributed by atoms with Crippen LogP contribution in [0.25, 0.3) is 0 Å². The minimum atomic E-state index is -3.95. The molecule has 6 nitrogen and oxygen atoms in total. The molecule has 0 saturated carbocycles. The van der Waals surface area contributed by atoms with E-state index in [4.69, 9.17) is 15.4 Å². The summed E-state index contributed by atoms with van der Waals surface area (Å²) >= 11 is 0. The molecule has 0 bridgehead atoms. The molecule has 0 aliphatic rings. The largest absolute Gasteiger partial charge is 0.495 e. The number of halogens is 1. The van der Waals surface area contributed by atoms with Gasteiger partial charge in [0.15, 0.2) is 0 Å². The fourth-order valence-corrected chi connectivity index (χ4v) is 2.71. The van der Waals surface area contributed by atoms with Crippen LogP contribution in [0.15, 0.2) is 23.1 Å². The molecule has 0 amide bonds. The zero-order valence-electron chi connectivity index (χ0n) is 9.67. The summed E-state index contributed by atoms with van der Waals surface area (Å²) in [6.07, 6.45) is 1.01. The van der Waals surface area contributed by atoms with Crippen molar-refractivity contribution in [3.63, 3.8) is 0 Å². The third-order valence-electron chi connectivity index (χ3n) is 2.03. The van der Waals surface area contributed by atoms with E-state index in [1.54, 1.807) is 6.07 Å². The van der Waals surface area contributed by atoms with Gasteiger partial charge in [0, 0.05) is 17.2 Å². The molecule has 0 fully saturated rings. The Bertz CT molecular complexity index is 639. The third-order valence-corrected chi connectivity index (χ3v) is 4.04. The summed E-state index contributed by atoms with van der Waals surface area (Å²) in [5.74, 6) is 0.105. The maximum Gasteiger partial charge on any atom is 0.264 e. The van der Waals surface area contributed by atoms with Gasteiger partial charge in [0.2, 0.25) is 10.0 Å². The lowest BCUT2D eigenvalue weighted by Gasteiger charge is -2.08. The summed E-state index contributed by atoms with van der Waals surface area (Å²) in [5, 5.41) is 0. The van der Waals surface area contributed by atoms with Gasteiger partial charge in [0.1, 0.15) is 10.6 Å². The molecule has 1 aromatic rings. The Kier molecular flexibility index (Phi) is 4.60. The first kappa shape index (κ1) is 15.2. The van der Waals surface area contributed by atoms with E-state index >= 15 is 0 Å². The van der Waals surface area contributed by atoms with Crippen molar-refractivity contribution in [3.05, 3.63) is 23.8 Å². The molecule has 0 aliphatic heterocycles. The lowest BCUT2D eigenvalue weighted by Crippen LogP contribution is -2.21. The van der Waals surface area contributed by atoms with Gasteiger partial charge in [-0.3, -0.25) is 0 Å². The number of methoxy groups -OCH3 is 1. The molecule has 0 spiro atoms. The second kappa shape index (κ2) is 5.43.